The fourth-order valence-electron chi connectivity index (χ4n) is 2.12. The van der Waals surface area contributed by atoms with Crippen molar-refractivity contribution in [2.75, 3.05) is 6.61 Å². The summed E-state index contributed by atoms with van der Waals surface area (Å²) in [6.07, 6.45) is 4.62. The Balaban J connectivity index is 2.11. The maximum atomic E-state index is 11.0. The molecule has 1 saturated heterocycles. The van der Waals surface area contributed by atoms with Crippen molar-refractivity contribution >= 4 is 28.8 Å². The van der Waals surface area contributed by atoms with E-state index < -0.39 is 10.4 Å². The zero-order valence-corrected chi connectivity index (χ0v) is 7.94. The highest BCUT2D eigenvalue weighted by molar-refractivity contribution is 6.81. The number of carbonyl (C=O) groups is 1. The van der Waals surface area contributed by atoms with Gasteiger partial charge in [0.1, 0.15) is 7.28 Å². The van der Waals surface area contributed by atoms with Crippen LogP contribution in [0.1, 0.15) is 12.8 Å². The third kappa shape index (κ3) is 1.30. The smallest absolute Gasteiger partial charge is 0.155 e. The molecule has 2 rings (SSSR count). The van der Waals surface area contributed by atoms with Crippen LogP contribution in [0.15, 0.2) is 12.2 Å². The molecular formula is C9H10B3O2. The average Bonchev–Trinajstić information content (AvgIpc) is 2.73. The molecule has 0 bridgehead atoms. The summed E-state index contributed by atoms with van der Waals surface area (Å²) in [5, 5.41) is 7.67. The number of aliphatic hydroxyl groups is 1. The molecule has 0 amide bonds. The molecule has 5 heteroatoms. The van der Waals surface area contributed by atoms with Crippen LogP contribution < -0.4 is 0 Å². The Kier molecular flexibility index (Phi) is 2.18. The van der Waals surface area contributed by atoms with Gasteiger partial charge in [-0.25, -0.2) is 0 Å². The van der Waals surface area contributed by atoms with Crippen LogP contribution in [0.25, 0.3) is 0 Å². The molecule has 14 heavy (non-hydrogen) atoms. The second-order valence-electron chi connectivity index (χ2n) is 4.25. The molecule has 0 spiro atoms. The van der Waals surface area contributed by atoms with Gasteiger partial charge in [-0.2, -0.15) is 0 Å². The van der Waals surface area contributed by atoms with E-state index in [9.17, 15) is 4.79 Å². The topological polar surface area (TPSA) is 37.3 Å². The summed E-state index contributed by atoms with van der Waals surface area (Å²) < 4.78 is 0. The molecule has 2 aliphatic rings. The number of hydrogen-bond donors (Lipinski definition) is 1. The lowest BCUT2D eigenvalue weighted by Gasteiger charge is -2.29. The molecule has 1 N–H and O–H groups in total. The van der Waals surface area contributed by atoms with E-state index in [1.165, 1.54) is 0 Å². The lowest BCUT2D eigenvalue weighted by atomic mass is 9.58. The molecule has 5 radical (unpaired) electrons. The normalized spacial score (nSPS) is 46.1. The molecule has 0 aromatic carbocycles. The number of rotatable bonds is 2. The van der Waals surface area contributed by atoms with Gasteiger partial charge in [-0.05, 0) is 18.4 Å². The largest absolute Gasteiger partial charge is 0.397 e. The zero-order chi connectivity index (χ0) is 10.4. The van der Waals surface area contributed by atoms with Crippen LogP contribution in [0.5, 0.6) is 0 Å². The molecule has 3 unspecified atom stereocenters. The molecule has 3 atom stereocenters. The summed E-state index contributed by atoms with van der Waals surface area (Å²) >= 11 is 0. The van der Waals surface area contributed by atoms with Gasteiger partial charge >= 0.3 is 0 Å². The molecule has 0 aromatic heterocycles. The van der Waals surface area contributed by atoms with Gasteiger partial charge < -0.3 is 5.11 Å². The van der Waals surface area contributed by atoms with Gasteiger partial charge in [0, 0.05) is 13.0 Å². The lowest BCUT2D eigenvalue weighted by Crippen LogP contribution is -2.19. The molecule has 2 nitrogen and oxygen atoms in total. The van der Waals surface area contributed by atoms with Gasteiger partial charge in [-0.1, -0.05) is 16.5 Å². The Hall–Kier alpha value is -0.435. The molecule has 1 aliphatic heterocycles. The third-order valence-electron chi connectivity index (χ3n) is 3.31. The highest BCUT2D eigenvalue weighted by Crippen LogP contribution is 2.69. The van der Waals surface area contributed by atoms with Gasteiger partial charge in [-0.3, -0.25) is 4.79 Å². The maximum Gasteiger partial charge on any atom is 0.155 e. The van der Waals surface area contributed by atoms with E-state index in [1.54, 1.807) is 13.4 Å². The summed E-state index contributed by atoms with van der Waals surface area (Å²) in [7, 11) is 13.7. The third-order valence-corrected chi connectivity index (χ3v) is 3.31. The van der Waals surface area contributed by atoms with E-state index in [0.717, 1.165) is 6.42 Å². The van der Waals surface area contributed by atoms with Crippen molar-refractivity contribution in [2.45, 2.75) is 23.3 Å². The number of hydrogen-bond acceptors (Lipinski definition) is 2. The van der Waals surface area contributed by atoms with Crippen LogP contribution in [0.4, 0.5) is 0 Å². The van der Waals surface area contributed by atoms with Crippen molar-refractivity contribution in [2.24, 2.45) is 5.92 Å². The Morgan fingerprint density at radius 2 is 2.36 bits per heavy atom. The fourth-order valence-corrected chi connectivity index (χ4v) is 2.12. The van der Waals surface area contributed by atoms with Crippen molar-refractivity contribution in [1.82, 2.24) is 0 Å². The summed E-state index contributed by atoms with van der Waals surface area (Å²) in [5.74, 6) is 0.217. The van der Waals surface area contributed by atoms with Gasteiger partial charge in [-0.15, -0.1) is 0 Å². The second-order valence-corrected chi connectivity index (χ2v) is 4.25. The summed E-state index contributed by atoms with van der Waals surface area (Å²) in [6.45, 7) is -0.137. The van der Waals surface area contributed by atoms with Crippen LogP contribution in [0.2, 0.25) is 10.4 Å². The first-order valence-electron chi connectivity index (χ1n) is 4.78. The van der Waals surface area contributed by atoms with E-state index in [1.807, 2.05) is 6.08 Å². The van der Waals surface area contributed by atoms with Crippen LogP contribution in [0, 0.1) is 5.92 Å². The molecule has 1 aliphatic carbocycles. The van der Waals surface area contributed by atoms with E-state index >= 15 is 0 Å². The van der Waals surface area contributed by atoms with E-state index in [-0.39, 0.29) is 18.3 Å². The van der Waals surface area contributed by atoms with Crippen molar-refractivity contribution < 1.29 is 9.90 Å². The molecule has 1 heterocycles. The van der Waals surface area contributed by atoms with Crippen molar-refractivity contribution in [3.8, 4) is 0 Å². The van der Waals surface area contributed by atoms with Crippen LogP contribution in [-0.2, 0) is 4.79 Å². The average molecular weight is 183 g/mol. The highest BCUT2D eigenvalue weighted by Gasteiger charge is 2.62. The minimum atomic E-state index is -0.762. The molecular weight excluding hydrogens is 173 g/mol. The summed E-state index contributed by atoms with van der Waals surface area (Å²) in [4.78, 5) is 11.0. The Labute approximate surface area is 87.2 Å². The Morgan fingerprint density at radius 3 is 2.79 bits per heavy atom. The van der Waals surface area contributed by atoms with Crippen LogP contribution >= 0.6 is 0 Å². The fraction of sp³-hybridized carbons (Fsp3) is 0.667. The molecule has 67 valence electrons. The quantitative estimate of drug-likeness (QED) is 0.601. The minimum absolute atomic E-state index is 0.0809. The second kappa shape index (κ2) is 3.03. The minimum Gasteiger partial charge on any atom is -0.397 e. The predicted molar refractivity (Wildman–Crippen MR) is 56.6 cm³/mol. The summed E-state index contributed by atoms with van der Waals surface area (Å²) in [5.41, 5.74) is 0. The van der Waals surface area contributed by atoms with Gasteiger partial charge in [0.25, 0.3) is 0 Å². The van der Waals surface area contributed by atoms with Gasteiger partial charge in [0.2, 0.25) is 0 Å². The number of allylic oxidation sites excluding steroid dienone is 2. The SMILES string of the molecule is [B]C1(CO)[B]C1([B])C1C=CC(=O)CC1. The lowest BCUT2D eigenvalue weighted by molar-refractivity contribution is -0.115. The molecule has 0 aromatic rings. The number of carbonyl (C=O) groups excluding carboxylic acids is 1. The number of ketones is 1. The van der Waals surface area contributed by atoms with Crippen molar-refractivity contribution in [1.29, 1.82) is 0 Å². The molecule has 0 saturated carbocycles. The van der Waals surface area contributed by atoms with Crippen molar-refractivity contribution in [3.63, 3.8) is 0 Å². The van der Waals surface area contributed by atoms with E-state index in [4.69, 9.17) is 20.8 Å². The Morgan fingerprint density at radius 1 is 1.64 bits per heavy atom. The van der Waals surface area contributed by atoms with E-state index in [0.29, 0.717) is 6.42 Å². The van der Waals surface area contributed by atoms with E-state index in [2.05, 4.69) is 0 Å². The predicted octanol–water partition coefficient (Wildman–Crippen LogP) is -0.199. The number of aliphatic hydroxyl groups excluding tert-OH is 1. The van der Waals surface area contributed by atoms with Crippen molar-refractivity contribution in [3.05, 3.63) is 12.2 Å². The van der Waals surface area contributed by atoms with Gasteiger partial charge in [0.05, 0.1) is 15.7 Å². The first kappa shape index (κ1) is 10.1. The standard InChI is InChI=1S/C9H10B3O2/c10-8(5-13)9(11,12-8)6-1-3-7(14)4-2-6/h1,3,6,13H,2,4-5H2. The van der Waals surface area contributed by atoms with Crippen LogP contribution in [-0.4, -0.2) is 40.5 Å². The first-order chi connectivity index (χ1) is 6.52. The monoisotopic (exact) mass is 183 g/mol. The van der Waals surface area contributed by atoms with Gasteiger partial charge in [0.15, 0.2) is 5.78 Å². The highest BCUT2D eigenvalue weighted by atomic mass is 16.3. The maximum absolute atomic E-state index is 11.0. The summed E-state index contributed by atoms with van der Waals surface area (Å²) in [6, 6.07) is 0. The zero-order valence-electron chi connectivity index (χ0n) is 7.94. The first-order valence-corrected chi connectivity index (χ1v) is 4.78. The molecule has 1 fully saturated rings. The van der Waals surface area contributed by atoms with Crippen LogP contribution in [0.3, 0.4) is 0 Å². The Bertz CT molecular complexity index is 304.